The zero-order valence-electron chi connectivity index (χ0n) is 13.3. The number of aromatic amines is 1. The summed E-state index contributed by atoms with van der Waals surface area (Å²) >= 11 is 0. The van der Waals surface area contributed by atoms with Crippen molar-refractivity contribution in [3.05, 3.63) is 17.2 Å². The minimum atomic E-state index is -0.265. The molecule has 0 spiro atoms. The number of urea groups is 1. The number of hydrogen-bond donors (Lipinski definition) is 2. The van der Waals surface area contributed by atoms with Gasteiger partial charge < -0.3 is 10.3 Å². The number of likely N-dealkylation sites (tertiary alicyclic amines) is 1. The number of aryl methyl sites for hydroxylation is 2. The summed E-state index contributed by atoms with van der Waals surface area (Å²) in [7, 11) is 0. The molecule has 3 aliphatic rings. The van der Waals surface area contributed by atoms with Gasteiger partial charge in [0.15, 0.2) is 0 Å². The van der Waals surface area contributed by atoms with Crippen molar-refractivity contribution in [2.45, 2.75) is 44.6 Å². The average Bonchev–Trinajstić information content (AvgIpc) is 3.24. The van der Waals surface area contributed by atoms with E-state index in [1.165, 1.54) is 29.1 Å². The third-order valence-electron chi connectivity index (χ3n) is 5.20. The van der Waals surface area contributed by atoms with Gasteiger partial charge in [0.25, 0.3) is 0 Å². The Kier molecular flexibility index (Phi) is 3.80. The van der Waals surface area contributed by atoms with Crippen molar-refractivity contribution in [2.24, 2.45) is 0 Å². The highest BCUT2D eigenvalue weighted by molar-refractivity contribution is 6.01. The SMILES string of the molecule is O=C1CNC(=O)N1CCN1CCC[C@@H]1c1nc2c([nH]1)CCCC2. The number of nitrogens with one attached hydrogen (secondary N) is 2. The lowest BCUT2D eigenvalue weighted by atomic mass is 10.0. The summed E-state index contributed by atoms with van der Waals surface area (Å²) in [5.74, 6) is 0.950. The molecule has 1 aliphatic carbocycles. The Morgan fingerprint density at radius 3 is 2.78 bits per heavy atom. The third kappa shape index (κ3) is 2.73. The van der Waals surface area contributed by atoms with E-state index in [1.54, 1.807) is 0 Å². The predicted octanol–water partition coefficient (Wildman–Crippen LogP) is 0.977. The lowest BCUT2D eigenvalue weighted by Gasteiger charge is -2.24. The van der Waals surface area contributed by atoms with Gasteiger partial charge in [0.2, 0.25) is 5.91 Å². The van der Waals surface area contributed by atoms with Crippen LogP contribution >= 0.6 is 0 Å². The van der Waals surface area contributed by atoms with Crippen molar-refractivity contribution in [1.82, 2.24) is 25.1 Å². The molecule has 7 nitrogen and oxygen atoms in total. The summed E-state index contributed by atoms with van der Waals surface area (Å²) in [5, 5.41) is 2.57. The number of fused-ring (bicyclic) bond motifs is 1. The zero-order valence-corrected chi connectivity index (χ0v) is 13.3. The highest BCUT2D eigenvalue weighted by Crippen LogP contribution is 2.32. The molecule has 23 heavy (non-hydrogen) atoms. The number of rotatable bonds is 4. The summed E-state index contributed by atoms with van der Waals surface area (Å²) < 4.78 is 0. The monoisotopic (exact) mass is 317 g/mol. The Bertz CT molecular complexity index is 586. The van der Waals surface area contributed by atoms with Gasteiger partial charge in [-0.1, -0.05) is 0 Å². The van der Waals surface area contributed by atoms with E-state index < -0.39 is 0 Å². The van der Waals surface area contributed by atoms with Crippen LogP contribution < -0.4 is 5.32 Å². The number of carbonyl (C=O) groups excluding carboxylic acids is 2. The zero-order chi connectivity index (χ0) is 15.8. The van der Waals surface area contributed by atoms with E-state index >= 15 is 0 Å². The Morgan fingerprint density at radius 1 is 1.13 bits per heavy atom. The maximum atomic E-state index is 11.7. The van der Waals surface area contributed by atoms with Crippen LogP contribution in [0.25, 0.3) is 0 Å². The molecule has 0 saturated carbocycles. The molecule has 0 unspecified atom stereocenters. The van der Waals surface area contributed by atoms with Gasteiger partial charge in [0.1, 0.15) is 5.82 Å². The maximum Gasteiger partial charge on any atom is 0.324 e. The molecule has 1 aromatic rings. The molecule has 3 heterocycles. The molecular weight excluding hydrogens is 294 g/mol. The number of H-pyrrole nitrogens is 1. The molecule has 4 rings (SSSR count). The molecule has 2 aliphatic heterocycles. The second kappa shape index (κ2) is 5.96. The summed E-state index contributed by atoms with van der Waals surface area (Å²) in [4.78, 5) is 35.4. The van der Waals surface area contributed by atoms with Gasteiger partial charge in [0, 0.05) is 18.8 Å². The molecule has 2 fully saturated rings. The summed E-state index contributed by atoms with van der Waals surface area (Å²) in [6.45, 7) is 2.31. The molecule has 3 amide bonds. The Morgan fingerprint density at radius 2 is 2.00 bits per heavy atom. The van der Waals surface area contributed by atoms with E-state index in [2.05, 4.69) is 15.2 Å². The number of nitrogens with zero attached hydrogens (tertiary/aromatic N) is 3. The first kappa shape index (κ1) is 14.7. The van der Waals surface area contributed by atoms with Crippen molar-refractivity contribution in [3.8, 4) is 0 Å². The summed E-state index contributed by atoms with van der Waals surface area (Å²) in [5.41, 5.74) is 2.55. The minimum Gasteiger partial charge on any atom is -0.344 e. The van der Waals surface area contributed by atoms with E-state index in [-0.39, 0.29) is 18.5 Å². The van der Waals surface area contributed by atoms with Crippen LogP contribution in [0.2, 0.25) is 0 Å². The molecule has 2 N–H and O–H groups in total. The number of amides is 3. The fourth-order valence-electron chi connectivity index (χ4n) is 3.95. The van der Waals surface area contributed by atoms with Crippen molar-refractivity contribution < 1.29 is 9.59 Å². The van der Waals surface area contributed by atoms with E-state index in [0.717, 1.165) is 44.6 Å². The van der Waals surface area contributed by atoms with E-state index in [0.29, 0.717) is 12.6 Å². The van der Waals surface area contributed by atoms with Gasteiger partial charge in [0.05, 0.1) is 18.3 Å². The molecule has 0 bridgehead atoms. The normalized spacial score (nSPS) is 25.0. The Hall–Kier alpha value is -1.89. The van der Waals surface area contributed by atoms with Crippen molar-refractivity contribution in [2.75, 3.05) is 26.2 Å². The number of hydrogen-bond acceptors (Lipinski definition) is 4. The van der Waals surface area contributed by atoms with Crippen LogP contribution in [0.15, 0.2) is 0 Å². The first-order chi connectivity index (χ1) is 11.2. The third-order valence-corrected chi connectivity index (χ3v) is 5.20. The van der Waals surface area contributed by atoms with Crippen LogP contribution in [0.3, 0.4) is 0 Å². The number of imide groups is 1. The minimum absolute atomic E-state index is 0.126. The van der Waals surface area contributed by atoms with Gasteiger partial charge in [-0.3, -0.25) is 14.6 Å². The van der Waals surface area contributed by atoms with Crippen LogP contribution in [0, 0.1) is 0 Å². The van der Waals surface area contributed by atoms with E-state index in [9.17, 15) is 9.59 Å². The smallest absolute Gasteiger partial charge is 0.324 e. The van der Waals surface area contributed by atoms with Gasteiger partial charge in [-0.05, 0) is 45.1 Å². The molecule has 124 valence electrons. The number of carbonyl (C=O) groups is 2. The lowest BCUT2D eigenvalue weighted by Crippen LogP contribution is -2.38. The molecule has 1 atom stereocenters. The highest BCUT2D eigenvalue weighted by atomic mass is 16.2. The molecular formula is C16H23N5O2. The van der Waals surface area contributed by atoms with Gasteiger partial charge in [-0.25, -0.2) is 9.78 Å². The van der Waals surface area contributed by atoms with Gasteiger partial charge in [-0.2, -0.15) is 0 Å². The van der Waals surface area contributed by atoms with Crippen LogP contribution in [-0.4, -0.2) is 57.9 Å². The maximum absolute atomic E-state index is 11.7. The van der Waals surface area contributed by atoms with Crippen LogP contribution in [0.5, 0.6) is 0 Å². The molecule has 0 aromatic carbocycles. The molecule has 2 saturated heterocycles. The fraction of sp³-hybridized carbons (Fsp3) is 0.688. The van der Waals surface area contributed by atoms with Crippen molar-refractivity contribution in [3.63, 3.8) is 0 Å². The van der Waals surface area contributed by atoms with Crippen molar-refractivity contribution >= 4 is 11.9 Å². The first-order valence-corrected chi connectivity index (χ1v) is 8.62. The second-order valence-electron chi connectivity index (χ2n) is 6.65. The van der Waals surface area contributed by atoms with E-state index in [1.807, 2.05) is 0 Å². The van der Waals surface area contributed by atoms with E-state index in [4.69, 9.17) is 4.98 Å². The Balaban J connectivity index is 1.43. The second-order valence-corrected chi connectivity index (χ2v) is 6.65. The quantitative estimate of drug-likeness (QED) is 0.811. The van der Waals surface area contributed by atoms with Crippen LogP contribution in [0.4, 0.5) is 4.79 Å². The topological polar surface area (TPSA) is 81.3 Å². The van der Waals surface area contributed by atoms with Crippen LogP contribution in [-0.2, 0) is 17.6 Å². The fourth-order valence-corrected chi connectivity index (χ4v) is 3.95. The number of aromatic nitrogens is 2. The molecule has 0 radical (unpaired) electrons. The largest absolute Gasteiger partial charge is 0.344 e. The molecule has 7 heteroatoms. The summed E-state index contributed by atoms with van der Waals surface area (Å²) in [6.07, 6.45) is 6.90. The first-order valence-electron chi connectivity index (χ1n) is 8.62. The average molecular weight is 317 g/mol. The van der Waals surface area contributed by atoms with Gasteiger partial charge >= 0.3 is 6.03 Å². The van der Waals surface area contributed by atoms with Crippen LogP contribution in [0.1, 0.15) is 48.9 Å². The summed E-state index contributed by atoms with van der Waals surface area (Å²) in [6, 6.07) is 0.0283. The predicted molar refractivity (Wildman–Crippen MR) is 83.9 cm³/mol. The number of imidazole rings is 1. The lowest BCUT2D eigenvalue weighted by molar-refractivity contribution is -0.125. The molecule has 1 aromatic heterocycles. The highest BCUT2D eigenvalue weighted by Gasteiger charge is 2.33. The van der Waals surface area contributed by atoms with Crippen molar-refractivity contribution in [1.29, 1.82) is 0 Å². The Labute approximate surface area is 135 Å². The standard InChI is InChI=1S/C16H23N5O2/c22-14-10-17-16(23)21(14)9-8-20-7-3-6-13(20)15-18-11-4-1-2-5-12(11)19-15/h13H,1-10H2,(H,17,23)(H,18,19)/t13-/m1/s1. The van der Waals surface area contributed by atoms with Gasteiger partial charge in [-0.15, -0.1) is 0 Å².